The van der Waals surface area contributed by atoms with Crippen LogP contribution in [0.4, 0.5) is 5.82 Å². The van der Waals surface area contributed by atoms with Gasteiger partial charge < -0.3 is 5.73 Å². The lowest BCUT2D eigenvalue weighted by Crippen LogP contribution is -1.98. The highest BCUT2D eigenvalue weighted by Crippen LogP contribution is 2.32. The lowest BCUT2D eigenvalue weighted by Gasteiger charge is -2.07. The summed E-state index contributed by atoms with van der Waals surface area (Å²) < 4.78 is 0. The van der Waals surface area contributed by atoms with Gasteiger partial charge in [0.15, 0.2) is 0 Å². The Labute approximate surface area is 103 Å². The molecule has 0 amide bonds. The zero-order chi connectivity index (χ0) is 11.7. The number of aryl methyl sites for hydroxylation is 1. The smallest absolute Gasteiger partial charge is 0.135 e. The van der Waals surface area contributed by atoms with Crippen LogP contribution in [0.15, 0.2) is 24.4 Å². The number of aromatic nitrogens is 2. The van der Waals surface area contributed by atoms with E-state index in [9.17, 15) is 0 Å². The van der Waals surface area contributed by atoms with Gasteiger partial charge in [-0.1, -0.05) is 29.3 Å². The minimum Gasteiger partial charge on any atom is -0.383 e. The number of nitrogens with zero attached hydrogens (tertiary/aromatic N) is 2. The van der Waals surface area contributed by atoms with E-state index in [0.29, 0.717) is 27.3 Å². The molecule has 1 heterocycles. The number of rotatable bonds is 1. The molecule has 16 heavy (non-hydrogen) atoms. The molecular weight excluding hydrogens is 245 g/mol. The predicted octanol–water partition coefficient (Wildman–Crippen LogP) is 3.34. The third-order valence-electron chi connectivity index (χ3n) is 2.16. The standard InChI is InChI=1S/C11H9Cl2N3/c1-6-15-5-9(11(14)16-6)8-3-2-7(12)4-10(8)13/h2-5H,1H3,(H2,14,15,16). The molecule has 0 aliphatic heterocycles. The molecule has 2 aromatic rings. The molecule has 0 unspecified atom stereocenters. The van der Waals surface area contributed by atoms with Gasteiger partial charge in [-0.3, -0.25) is 0 Å². The average molecular weight is 254 g/mol. The second-order valence-corrected chi connectivity index (χ2v) is 4.18. The monoisotopic (exact) mass is 253 g/mol. The van der Waals surface area contributed by atoms with Crippen molar-refractivity contribution in [3.63, 3.8) is 0 Å². The minimum atomic E-state index is 0.414. The van der Waals surface area contributed by atoms with Gasteiger partial charge in [0.1, 0.15) is 11.6 Å². The Morgan fingerprint density at radius 3 is 2.56 bits per heavy atom. The van der Waals surface area contributed by atoms with Crippen molar-refractivity contribution in [2.75, 3.05) is 5.73 Å². The molecule has 0 aliphatic rings. The van der Waals surface area contributed by atoms with E-state index in [4.69, 9.17) is 28.9 Å². The van der Waals surface area contributed by atoms with Gasteiger partial charge >= 0.3 is 0 Å². The van der Waals surface area contributed by atoms with Crippen LogP contribution in [0.25, 0.3) is 11.1 Å². The minimum absolute atomic E-state index is 0.414. The van der Waals surface area contributed by atoms with Crippen LogP contribution in [0.2, 0.25) is 10.0 Å². The van der Waals surface area contributed by atoms with Crippen LogP contribution in [0, 0.1) is 6.92 Å². The highest BCUT2D eigenvalue weighted by molar-refractivity contribution is 6.36. The second kappa shape index (κ2) is 4.28. The molecule has 0 fully saturated rings. The topological polar surface area (TPSA) is 51.8 Å². The maximum atomic E-state index is 6.08. The Kier molecular flexibility index (Phi) is 2.99. The predicted molar refractivity (Wildman–Crippen MR) is 66.6 cm³/mol. The van der Waals surface area contributed by atoms with Crippen molar-refractivity contribution >= 4 is 29.0 Å². The highest BCUT2D eigenvalue weighted by atomic mass is 35.5. The number of hydrogen-bond donors (Lipinski definition) is 1. The zero-order valence-corrected chi connectivity index (χ0v) is 10.0. The molecule has 0 aliphatic carbocycles. The Morgan fingerprint density at radius 1 is 1.19 bits per heavy atom. The fraction of sp³-hybridized carbons (Fsp3) is 0.0909. The quantitative estimate of drug-likeness (QED) is 0.849. The Morgan fingerprint density at radius 2 is 1.94 bits per heavy atom. The summed E-state index contributed by atoms with van der Waals surface area (Å²) >= 11 is 11.9. The number of hydrogen-bond acceptors (Lipinski definition) is 3. The maximum Gasteiger partial charge on any atom is 0.135 e. The van der Waals surface area contributed by atoms with E-state index in [0.717, 1.165) is 5.56 Å². The van der Waals surface area contributed by atoms with Crippen LogP contribution in [0.1, 0.15) is 5.82 Å². The van der Waals surface area contributed by atoms with Gasteiger partial charge in [0, 0.05) is 22.3 Å². The number of anilines is 1. The van der Waals surface area contributed by atoms with Crippen LogP contribution < -0.4 is 5.73 Å². The second-order valence-electron chi connectivity index (χ2n) is 3.34. The first-order valence-corrected chi connectivity index (χ1v) is 5.38. The van der Waals surface area contributed by atoms with Gasteiger partial charge in [0.2, 0.25) is 0 Å². The van der Waals surface area contributed by atoms with Gasteiger partial charge in [-0.25, -0.2) is 9.97 Å². The first-order valence-electron chi connectivity index (χ1n) is 4.62. The van der Waals surface area contributed by atoms with Crippen molar-refractivity contribution in [3.8, 4) is 11.1 Å². The summed E-state index contributed by atoms with van der Waals surface area (Å²) in [5.74, 6) is 1.04. The number of nitrogens with two attached hydrogens (primary N) is 1. The van der Waals surface area contributed by atoms with Crippen molar-refractivity contribution in [1.82, 2.24) is 9.97 Å². The lowest BCUT2D eigenvalue weighted by molar-refractivity contribution is 1.06. The normalized spacial score (nSPS) is 10.4. The summed E-state index contributed by atoms with van der Waals surface area (Å²) in [5.41, 5.74) is 7.31. The van der Waals surface area contributed by atoms with Crippen molar-refractivity contribution in [2.24, 2.45) is 0 Å². The SMILES string of the molecule is Cc1ncc(-c2ccc(Cl)cc2Cl)c(N)n1. The van der Waals surface area contributed by atoms with E-state index < -0.39 is 0 Å². The molecule has 2 N–H and O–H groups in total. The molecule has 0 spiro atoms. The number of halogens is 2. The van der Waals surface area contributed by atoms with E-state index in [1.54, 1.807) is 31.3 Å². The molecule has 0 bridgehead atoms. The van der Waals surface area contributed by atoms with Gasteiger partial charge in [-0.05, 0) is 19.1 Å². The van der Waals surface area contributed by atoms with Crippen LogP contribution in [-0.2, 0) is 0 Å². The molecular formula is C11H9Cl2N3. The molecule has 2 rings (SSSR count). The van der Waals surface area contributed by atoms with E-state index in [1.807, 2.05) is 0 Å². The summed E-state index contributed by atoms with van der Waals surface area (Å²) in [5, 5.41) is 1.12. The average Bonchev–Trinajstić information content (AvgIpc) is 2.19. The molecule has 82 valence electrons. The zero-order valence-electron chi connectivity index (χ0n) is 8.54. The highest BCUT2D eigenvalue weighted by Gasteiger charge is 2.09. The van der Waals surface area contributed by atoms with E-state index in [-0.39, 0.29) is 0 Å². The van der Waals surface area contributed by atoms with Crippen molar-refractivity contribution in [1.29, 1.82) is 0 Å². The Bertz CT molecular complexity index is 491. The molecule has 0 atom stereocenters. The molecule has 1 aromatic carbocycles. The lowest BCUT2D eigenvalue weighted by atomic mass is 10.1. The molecule has 0 saturated carbocycles. The van der Waals surface area contributed by atoms with Crippen LogP contribution in [0.3, 0.4) is 0 Å². The molecule has 5 heteroatoms. The summed E-state index contributed by atoms with van der Waals surface area (Å²) in [6, 6.07) is 5.22. The van der Waals surface area contributed by atoms with Gasteiger partial charge in [-0.15, -0.1) is 0 Å². The third-order valence-corrected chi connectivity index (χ3v) is 2.71. The van der Waals surface area contributed by atoms with E-state index in [2.05, 4.69) is 9.97 Å². The fourth-order valence-electron chi connectivity index (χ4n) is 1.40. The summed E-state index contributed by atoms with van der Waals surface area (Å²) in [7, 11) is 0. The van der Waals surface area contributed by atoms with Crippen LogP contribution in [0.5, 0.6) is 0 Å². The van der Waals surface area contributed by atoms with Crippen LogP contribution in [-0.4, -0.2) is 9.97 Å². The third kappa shape index (κ3) is 2.10. The summed E-state index contributed by atoms with van der Waals surface area (Å²) in [6.45, 7) is 1.78. The van der Waals surface area contributed by atoms with Gasteiger partial charge in [0.25, 0.3) is 0 Å². The molecule has 1 aromatic heterocycles. The van der Waals surface area contributed by atoms with Crippen molar-refractivity contribution in [3.05, 3.63) is 40.3 Å². The Hall–Kier alpha value is -1.32. The van der Waals surface area contributed by atoms with E-state index in [1.165, 1.54) is 0 Å². The summed E-state index contributed by atoms with van der Waals surface area (Å²) in [4.78, 5) is 8.19. The molecule has 3 nitrogen and oxygen atoms in total. The van der Waals surface area contributed by atoms with Gasteiger partial charge in [0.05, 0.1) is 5.02 Å². The van der Waals surface area contributed by atoms with Crippen molar-refractivity contribution in [2.45, 2.75) is 6.92 Å². The molecule has 0 saturated heterocycles. The maximum absolute atomic E-state index is 6.08. The Balaban J connectivity index is 2.59. The fourth-order valence-corrected chi connectivity index (χ4v) is 1.91. The first-order chi connectivity index (χ1) is 7.58. The molecule has 0 radical (unpaired) electrons. The van der Waals surface area contributed by atoms with Crippen molar-refractivity contribution < 1.29 is 0 Å². The summed E-state index contributed by atoms with van der Waals surface area (Å²) in [6.07, 6.45) is 1.66. The number of nitrogen functional groups attached to an aromatic ring is 1. The first kappa shape index (κ1) is 11.2. The van der Waals surface area contributed by atoms with Crippen LogP contribution >= 0.6 is 23.2 Å². The largest absolute Gasteiger partial charge is 0.383 e. The van der Waals surface area contributed by atoms with Gasteiger partial charge in [-0.2, -0.15) is 0 Å². The van der Waals surface area contributed by atoms with E-state index >= 15 is 0 Å². The number of benzene rings is 1.